The van der Waals surface area contributed by atoms with Gasteiger partial charge in [0.25, 0.3) is 5.88 Å². The van der Waals surface area contributed by atoms with Crippen LogP contribution in [-0.2, 0) is 0 Å². The van der Waals surface area contributed by atoms with Gasteiger partial charge in [0.15, 0.2) is 0 Å². The van der Waals surface area contributed by atoms with Gasteiger partial charge in [0.05, 0.1) is 13.3 Å². The SMILES string of the molecule is C=C(C)c1nc(C#N)c(N/N=C\c2ccccc2OC)o1. The highest BCUT2D eigenvalue weighted by Crippen LogP contribution is 2.21. The number of ether oxygens (including phenoxy) is 1. The summed E-state index contributed by atoms with van der Waals surface area (Å²) in [4.78, 5) is 4.00. The first-order valence-electron chi connectivity index (χ1n) is 6.14. The van der Waals surface area contributed by atoms with Gasteiger partial charge in [-0.3, -0.25) is 0 Å². The Balaban J connectivity index is 2.18. The van der Waals surface area contributed by atoms with Gasteiger partial charge in [-0.25, -0.2) is 5.43 Å². The minimum absolute atomic E-state index is 0.130. The van der Waals surface area contributed by atoms with Crippen molar-refractivity contribution in [2.75, 3.05) is 12.5 Å². The monoisotopic (exact) mass is 282 g/mol. The average molecular weight is 282 g/mol. The van der Waals surface area contributed by atoms with Crippen LogP contribution in [0.2, 0.25) is 0 Å². The second kappa shape index (κ2) is 6.39. The van der Waals surface area contributed by atoms with Crippen molar-refractivity contribution in [2.24, 2.45) is 5.10 Å². The molecule has 0 unspecified atom stereocenters. The van der Waals surface area contributed by atoms with E-state index in [-0.39, 0.29) is 11.6 Å². The number of oxazole rings is 1. The van der Waals surface area contributed by atoms with Crippen molar-refractivity contribution in [1.82, 2.24) is 4.98 Å². The minimum atomic E-state index is 0.130. The van der Waals surface area contributed by atoms with Gasteiger partial charge in [0.1, 0.15) is 11.8 Å². The van der Waals surface area contributed by atoms with E-state index in [1.165, 1.54) is 0 Å². The van der Waals surface area contributed by atoms with Crippen LogP contribution in [0.3, 0.4) is 0 Å². The molecule has 106 valence electrons. The van der Waals surface area contributed by atoms with Crippen molar-refractivity contribution in [3.05, 3.63) is 48.0 Å². The summed E-state index contributed by atoms with van der Waals surface area (Å²) in [6.07, 6.45) is 1.57. The summed E-state index contributed by atoms with van der Waals surface area (Å²) in [5, 5.41) is 13.0. The maximum absolute atomic E-state index is 9.00. The van der Waals surface area contributed by atoms with E-state index >= 15 is 0 Å². The van der Waals surface area contributed by atoms with Crippen LogP contribution >= 0.6 is 0 Å². The number of nitrogens with one attached hydrogen (secondary N) is 1. The number of methoxy groups -OCH3 is 1. The predicted molar refractivity (Wildman–Crippen MR) is 80.1 cm³/mol. The van der Waals surface area contributed by atoms with E-state index in [1.807, 2.05) is 30.3 Å². The average Bonchev–Trinajstić information content (AvgIpc) is 2.91. The van der Waals surface area contributed by atoms with Crippen LogP contribution in [0.15, 0.2) is 40.4 Å². The van der Waals surface area contributed by atoms with Crippen molar-refractivity contribution in [2.45, 2.75) is 6.92 Å². The maximum atomic E-state index is 9.00. The van der Waals surface area contributed by atoms with Gasteiger partial charge in [-0.1, -0.05) is 18.7 Å². The lowest BCUT2D eigenvalue weighted by Crippen LogP contribution is -1.94. The third-order valence-corrected chi connectivity index (χ3v) is 2.61. The van der Waals surface area contributed by atoms with E-state index in [1.54, 1.807) is 20.2 Å². The molecule has 0 saturated heterocycles. The highest BCUT2D eigenvalue weighted by atomic mass is 16.5. The van der Waals surface area contributed by atoms with Crippen LogP contribution in [0, 0.1) is 11.3 Å². The van der Waals surface area contributed by atoms with Crippen LogP contribution in [0.1, 0.15) is 24.1 Å². The molecule has 0 spiro atoms. The molecule has 0 bridgehead atoms. The molecule has 1 heterocycles. The third-order valence-electron chi connectivity index (χ3n) is 2.61. The topological polar surface area (TPSA) is 83.4 Å². The summed E-state index contributed by atoms with van der Waals surface area (Å²) in [7, 11) is 1.59. The first-order chi connectivity index (χ1) is 10.2. The molecule has 0 aliphatic heterocycles. The van der Waals surface area contributed by atoms with Gasteiger partial charge >= 0.3 is 0 Å². The van der Waals surface area contributed by atoms with Gasteiger partial charge in [-0.15, -0.1) is 0 Å². The van der Waals surface area contributed by atoms with Crippen LogP contribution < -0.4 is 10.2 Å². The predicted octanol–water partition coefficient (Wildman–Crippen LogP) is 3.03. The number of nitrogens with zero attached hydrogens (tertiary/aromatic N) is 3. The molecular formula is C15H14N4O2. The fourth-order valence-electron chi connectivity index (χ4n) is 1.59. The molecule has 0 saturated carbocycles. The van der Waals surface area contributed by atoms with Crippen LogP contribution in [0.5, 0.6) is 5.75 Å². The van der Waals surface area contributed by atoms with Crippen LogP contribution in [-0.4, -0.2) is 18.3 Å². The number of hydrazone groups is 1. The van der Waals surface area contributed by atoms with Crippen molar-refractivity contribution < 1.29 is 9.15 Å². The Morgan fingerprint density at radius 1 is 1.52 bits per heavy atom. The second-order valence-corrected chi connectivity index (χ2v) is 4.20. The quantitative estimate of drug-likeness (QED) is 0.673. The van der Waals surface area contributed by atoms with Gasteiger partial charge < -0.3 is 9.15 Å². The van der Waals surface area contributed by atoms with Gasteiger partial charge in [0, 0.05) is 11.1 Å². The minimum Gasteiger partial charge on any atom is -0.496 e. The first-order valence-corrected chi connectivity index (χ1v) is 6.14. The molecule has 0 aliphatic rings. The molecule has 1 N–H and O–H groups in total. The van der Waals surface area contributed by atoms with Gasteiger partial charge in [0.2, 0.25) is 11.6 Å². The molecular weight excluding hydrogens is 268 g/mol. The Hall–Kier alpha value is -3.07. The number of para-hydroxylation sites is 1. The van der Waals surface area contributed by atoms with E-state index in [0.29, 0.717) is 17.2 Å². The second-order valence-electron chi connectivity index (χ2n) is 4.20. The molecule has 0 amide bonds. The number of nitriles is 1. The number of hydrogen-bond acceptors (Lipinski definition) is 6. The summed E-state index contributed by atoms with van der Waals surface area (Å²) in [6, 6.07) is 9.36. The first kappa shape index (κ1) is 14.3. The maximum Gasteiger partial charge on any atom is 0.252 e. The molecule has 1 aromatic heterocycles. The number of aromatic nitrogens is 1. The number of benzene rings is 1. The Morgan fingerprint density at radius 3 is 2.95 bits per heavy atom. The summed E-state index contributed by atoms with van der Waals surface area (Å²) in [5.41, 5.74) is 4.22. The highest BCUT2D eigenvalue weighted by Gasteiger charge is 2.12. The van der Waals surface area contributed by atoms with Crippen molar-refractivity contribution >= 4 is 17.7 Å². The zero-order valence-electron chi connectivity index (χ0n) is 11.8. The number of hydrogen-bond donors (Lipinski definition) is 1. The van der Waals surface area contributed by atoms with E-state index in [0.717, 1.165) is 5.56 Å². The van der Waals surface area contributed by atoms with Gasteiger partial charge in [-0.2, -0.15) is 15.3 Å². The molecule has 2 rings (SSSR count). The molecule has 1 aromatic carbocycles. The number of rotatable bonds is 5. The van der Waals surface area contributed by atoms with Crippen LogP contribution in [0.25, 0.3) is 5.57 Å². The summed E-state index contributed by atoms with van der Waals surface area (Å²) in [6.45, 7) is 5.46. The zero-order chi connectivity index (χ0) is 15.2. The number of anilines is 1. The molecule has 0 aliphatic carbocycles. The molecule has 0 atom stereocenters. The Bertz CT molecular complexity index is 726. The fraction of sp³-hybridized carbons (Fsp3) is 0.133. The molecule has 21 heavy (non-hydrogen) atoms. The standard InChI is InChI=1S/C15H14N4O2/c1-10(2)14-18-12(8-16)15(21-14)19-17-9-11-6-4-5-7-13(11)20-3/h4-7,9,19H,1H2,2-3H3/b17-9-. The summed E-state index contributed by atoms with van der Waals surface area (Å²) < 4.78 is 10.6. The lowest BCUT2D eigenvalue weighted by molar-refractivity contribution is 0.414. The van der Waals surface area contributed by atoms with E-state index in [4.69, 9.17) is 14.4 Å². The number of allylic oxidation sites excluding steroid dienone is 1. The lowest BCUT2D eigenvalue weighted by Gasteiger charge is -2.02. The normalized spacial score (nSPS) is 10.3. The van der Waals surface area contributed by atoms with E-state index < -0.39 is 0 Å². The van der Waals surface area contributed by atoms with Crippen molar-refractivity contribution in [3.63, 3.8) is 0 Å². The molecule has 6 heteroatoms. The Morgan fingerprint density at radius 2 is 2.29 bits per heavy atom. The van der Waals surface area contributed by atoms with E-state index in [9.17, 15) is 0 Å². The molecule has 0 fully saturated rings. The molecule has 2 aromatic rings. The summed E-state index contributed by atoms with van der Waals surface area (Å²) in [5.74, 6) is 1.19. The fourth-order valence-corrected chi connectivity index (χ4v) is 1.59. The summed E-state index contributed by atoms with van der Waals surface area (Å²) >= 11 is 0. The zero-order valence-corrected chi connectivity index (χ0v) is 11.8. The van der Waals surface area contributed by atoms with Crippen LogP contribution in [0.4, 0.5) is 5.88 Å². The van der Waals surface area contributed by atoms with Crippen molar-refractivity contribution in [3.8, 4) is 11.8 Å². The highest BCUT2D eigenvalue weighted by molar-refractivity contribution is 5.83. The lowest BCUT2D eigenvalue weighted by atomic mass is 10.2. The molecule has 0 radical (unpaired) electrons. The Labute approximate surface area is 122 Å². The van der Waals surface area contributed by atoms with Crippen molar-refractivity contribution in [1.29, 1.82) is 5.26 Å². The third kappa shape index (κ3) is 3.28. The van der Waals surface area contributed by atoms with E-state index in [2.05, 4.69) is 22.1 Å². The van der Waals surface area contributed by atoms with Gasteiger partial charge in [-0.05, 0) is 19.1 Å². The molecule has 6 nitrogen and oxygen atoms in total. The Kier molecular flexibility index (Phi) is 4.36. The largest absolute Gasteiger partial charge is 0.496 e. The smallest absolute Gasteiger partial charge is 0.252 e.